The zero-order valence-corrected chi connectivity index (χ0v) is 29.3. The van der Waals surface area contributed by atoms with E-state index in [0.29, 0.717) is 54.7 Å². The lowest BCUT2D eigenvalue weighted by atomic mass is 9.93. The molecule has 2 rings (SSSR count). The van der Waals surface area contributed by atoms with Crippen molar-refractivity contribution >= 4 is 11.9 Å². The maximum atomic E-state index is 15.3. The largest absolute Gasteiger partial charge is 0.492 e. The zero-order valence-electron chi connectivity index (χ0n) is 29.3. The van der Waals surface area contributed by atoms with E-state index in [0.717, 1.165) is 36.0 Å². The summed E-state index contributed by atoms with van der Waals surface area (Å²) in [6.07, 6.45) is 8.56. The summed E-state index contributed by atoms with van der Waals surface area (Å²) in [7, 11) is 0. The Morgan fingerprint density at radius 3 is 1.79 bits per heavy atom. The van der Waals surface area contributed by atoms with E-state index in [9.17, 15) is 19.8 Å². The highest BCUT2D eigenvalue weighted by atomic mass is 19.1. The van der Waals surface area contributed by atoms with Crippen LogP contribution < -0.4 is 9.47 Å². The van der Waals surface area contributed by atoms with Crippen LogP contribution in [0.4, 0.5) is 4.39 Å². The van der Waals surface area contributed by atoms with Gasteiger partial charge in [0.15, 0.2) is 11.6 Å². The first-order chi connectivity index (χ1) is 22.9. The minimum Gasteiger partial charge on any atom is -0.492 e. The van der Waals surface area contributed by atoms with E-state index < -0.39 is 23.2 Å². The van der Waals surface area contributed by atoms with E-state index in [1.807, 2.05) is 18.2 Å². The fourth-order valence-corrected chi connectivity index (χ4v) is 4.83. The van der Waals surface area contributed by atoms with Gasteiger partial charge in [0.1, 0.15) is 5.75 Å². The highest BCUT2D eigenvalue weighted by molar-refractivity contribution is 5.87. The van der Waals surface area contributed by atoms with Gasteiger partial charge in [-0.15, -0.1) is 0 Å². The number of esters is 2. The molecule has 2 aromatic carbocycles. The Bertz CT molecular complexity index is 1290. The molecule has 0 amide bonds. The summed E-state index contributed by atoms with van der Waals surface area (Å²) >= 11 is 0. The molecule has 0 fully saturated rings. The van der Waals surface area contributed by atoms with Crippen LogP contribution in [0.15, 0.2) is 54.6 Å². The Hall–Kier alpha value is -3.69. The second-order valence-electron chi connectivity index (χ2n) is 12.8. The van der Waals surface area contributed by atoms with Crippen molar-refractivity contribution in [3.05, 3.63) is 71.6 Å². The Morgan fingerprint density at radius 1 is 0.750 bits per heavy atom. The van der Waals surface area contributed by atoms with Crippen LogP contribution in [-0.4, -0.2) is 61.8 Å². The number of hydrogen-bond acceptors (Lipinski definition) is 8. The van der Waals surface area contributed by atoms with Gasteiger partial charge in [-0.25, -0.2) is 14.0 Å². The van der Waals surface area contributed by atoms with Gasteiger partial charge in [0, 0.05) is 16.6 Å². The molecule has 0 heterocycles. The minimum atomic E-state index is -0.893. The number of aryl methyl sites for hydroxylation is 2. The third-order valence-electron chi connectivity index (χ3n) is 7.94. The van der Waals surface area contributed by atoms with E-state index in [1.54, 1.807) is 26.8 Å². The lowest BCUT2D eigenvalue weighted by Gasteiger charge is -2.27. The molecule has 0 saturated carbocycles. The first-order valence-electron chi connectivity index (χ1n) is 17.0. The molecule has 266 valence electrons. The summed E-state index contributed by atoms with van der Waals surface area (Å²) in [5.74, 6) is -0.633. The Morgan fingerprint density at radius 2 is 1.29 bits per heavy atom. The maximum Gasteiger partial charge on any atom is 0.333 e. The van der Waals surface area contributed by atoms with Crippen molar-refractivity contribution in [2.24, 2.45) is 5.41 Å². The molecule has 0 aliphatic rings. The van der Waals surface area contributed by atoms with Gasteiger partial charge in [0.25, 0.3) is 0 Å². The molecular formula is C39H55FO8. The number of aliphatic hydroxyl groups excluding tert-OH is 2. The van der Waals surface area contributed by atoms with Crippen molar-refractivity contribution in [1.82, 2.24) is 0 Å². The number of carbonyl (C=O) groups excluding carboxylic acids is 2. The Balaban J connectivity index is 2.40. The standard InChI is InChI=1S/C39H55FO8/c1-7-8-9-10-11-12-19-45-35-18-17-30(24-34(35)40)33-22-31(15-13-20-46-37(43)28(2)3)36(48-27-39(6,25-41)26-42)32(23-33)16-14-21-47-38(44)29(4)5/h17-18,22-24,41-42H,2,4,7-16,19-21,25-27H2,1,3,5-6H3. The zero-order chi connectivity index (χ0) is 35.5. The van der Waals surface area contributed by atoms with Gasteiger partial charge in [0.05, 0.1) is 39.6 Å². The predicted octanol–water partition coefficient (Wildman–Crippen LogP) is 7.71. The predicted molar refractivity (Wildman–Crippen MR) is 187 cm³/mol. The minimum absolute atomic E-state index is 0.0356. The van der Waals surface area contributed by atoms with Crippen LogP contribution in [0.3, 0.4) is 0 Å². The van der Waals surface area contributed by atoms with Crippen LogP contribution in [0, 0.1) is 11.2 Å². The average molecular weight is 671 g/mol. The molecule has 0 radical (unpaired) electrons. The third kappa shape index (κ3) is 13.8. The molecule has 2 N–H and O–H groups in total. The van der Waals surface area contributed by atoms with Gasteiger partial charge >= 0.3 is 11.9 Å². The van der Waals surface area contributed by atoms with Crippen LogP contribution >= 0.6 is 0 Å². The number of unbranched alkanes of at least 4 members (excludes halogenated alkanes) is 5. The summed E-state index contributed by atoms with van der Waals surface area (Å²) in [4.78, 5) is 23.9. The maximum absolute atomic E-state index is 15.3. The molecule has 0 aliphatic carbocycles. The third-order valence-corrected chi connectivity index (χ3v) is 7.94. The summed E-state index contributed by atoms with van der Waals surface area (Å²) in [5.41, 5.74) is 2.69. The number of aliphatic hydroxyl groups is 2. The quantitative estimate of drug-likeness (QED) is 0.0664. The molecule has 0 atom stereocenters. The van der Waals surface area contributed by atoms with Gasteiger partial charge in [-0.05, 0) is 92.5 Å². The Kier molecular flexibility index (Phi) is 18.0. The molecule has 0 aromatic heterocycles. The van der Waals surface area contributed by atoms with Crippen molar-refractivity contribution < 1.29 is 43.1 Å². The second kappa shape index (κ2) is 21.3. The van der Waals surface area contributed by atoms with E-state index >= 15 is 4.39 Å². The molecule has 0 unspecified atom stereocenters. The number of carbonyl (C=O) groups is 2. The smallest absolute Gasteiger partial charge is 0.333 e. The van der Waals surface area contributed by atoms with E-state index in [2.05, 4.69) is 20.1 Å². The lowest BCUT2D eigenvalue weighted by molar-refractivity contribution is -0.139. The monoisotopic (exact) mass is 670 g/mol. The highest BCUT2D eigenvalue weighted by Crippen LogP contribution is 2.35. The second-order valence-corrected chi connectivity index (χ2v) is 12.8. The Labute approximate surface area is 285 Å². The molecule has 0 spiro atoms. The van der Waals surface area contributed by atoms with E-state index in [-0.39, 0.29) is 38.8 Å². The van der Waals surface area contributed by atoms with Crippen LogP contribution in [-0.2, 0) is 31.9 Å². The van der Waals surface area contributed by atoms with Crippen molar-refractivity contribution in [2.45, 2.75) is 91.9 Å². The topological polar surface area (TPSA) is 112 Å². The van der Waals surface area contributed by atoms with E-state index in [4.69, 9.17) is 18.9 Å². The average Bonchev–Trinajstić information content (AvgIpc) is 3.07. The SMILES string of the molecule is C=C(C)C(=O)OCCCc1cc(-c2ccc(OCCCCCCCC)c(F)c2)cc(CCCOC(=O)C(=C)C)c1OCC(C)(CO)CO. The first kappa shape index (κ1) is 40.5. The number of rotatable bonds is 24. The summed E-state index contributed by atoms with van der Waals surface area (Å²) in [6.45, 7) is 14.5. The number of benzene rings is 2. The molecule has 0 saturated heterocycles. The summed E-state index contributed by atoms with van der Waals surface area (Å²) in [5, 5.41) is 19.8. The van der Waals surface area contributed by atoms with Crippen LogP contribution in [0.5, 0.6) is 11.5 Å². The van der Waals surface area contributed by atoms with Gasteiger partial charge < -0.3 is 29.2 Å². The molecule has 48 heavy (non-hydrogen) atoms. The van der Waals surface area contributed by atoms with E-state index in [1.165, 1.54) is 25.3 Å². The van der Waals surface area contributed by atoms with Gasteiger partial charge in [-0.3, -0.25) is 0 Å². The molecule has 8 nitrogen and oxygen atoms in total. The van der Waals surface area contributed by atoms with Gasteiger partial charge in [-0.1, -0.05) is 65.2 Å². The number of ether oxygens (including phenoxy) is 4. The number of hydrogen-bond donors (Lipinski definition) is 2. The molecule has 2 aromatic rings. The van der Waals surface area contributed by atoms with Gasteiger partial charge in [0.2, 0.25) is 0 Å². The lowest BCUT2D eigenvalue weighted by Crippen LogP contribution is -2.33. The van der Waals surface area contributed by atoms with Crippen molar-refractivity contribution in [3.63, 3.8) is 0 Å². The molecular weight excluding hydrogens is 615 g/mol. The summed E-state index contributed by atoms with van der Waals surface area (Å²) in [6, 6.07) is 8.76. The molecule has 0 bridgehead atoms. The van der Waals surface area contributed by atoms with Gasteiger partial charge in [-0.2, -0.15) is 0 Å². The number of halogens is 1. The first-order valence-corrected chi connectivity index (χ1v) is 17.0. The van der Waals surface area contributed by atoms with Crippen molar-refractivity contribution in [2.75, 3.05) is 39.6 Å². The highest BCUT2D eigenvalue weighted by Gasteiger charge is 2.25. The van der Waals surface area contributed by atoms with Crippen LogP contribution in [0.1, 0.15) is 90.2 Å². The summed E-state index contributed by atoms with van der Waals surface area (Å²) < 4.78 is 38.0. The van der Waals surface area contributed by atoms with Crippen molar-refractivity contribution in [1.29, 1.82) is 0 Å². The van der Waals surface area contributed by atoms with Crippen LogP contribution in [0.2, 0.25) is 0 Å². The van der Waals surface area contributed by atoms with Crippen molar-refractivity contribution in [3.8, 4) is 22.6 Å². The molecule has 9 heteroatoms. The fraction of sp³-hybridized carbons (Fsp3) is 0.538. The van der Waals surface area contributed by atoms with Crippen LogP contribution in [0.25, 0.3) is 11.1 Å². The molecule has 0 aliphatic heterocycles. The fourth-order valence-electron chi connectivity index (χ4n) is 4.83. The normalized spacial score (nSPS) is 11.2.